The summed E-state index contributed by atoms with van der Waals surface area (Å²) in [6.07, 6.45) is 1.59. The predicted octanol–water partition coefficient (Wildman–Crippen LogP) is 0.210. The van der Waals surface area contributed by atoms with Crippen LogP contribution in [0.3, 0.4) is 0 Å². The summed E-state index contributed by atoms with van der Waals surface area (Å²) >= 11 is 0. The molecule has 0 aromatic rings. The maximum Gasteiger partial charge on any atom is 0.321 e. The first-order valence-electron chi connectivity index (χ1n) is 4.09. The number of aliphatic carboxylic acids is 1. The molecule has 1 aliphatic heterocycles. The van der Waals surface area contributed by atoms with Gasteiger partial charge >= 0.3 is 5.97 Å². The second kappa shape index (κ2) is 4.07. The topological polar surface area (TPSA) is 73.1 Å². The normalized spacial score (nSPS) is 21.2. The fourth-order valence-electron chi connectivity index (χ4n) is 1.54. The molecule has 1 atom stereocenters. The first kappa shape index (κ1) is 9.01. The molecule has 4 nitrogen and oxygen atoms in total. The van der Waals surface area contributed by atoms with Gasteiger partial charge in [0.2, 0.25) is 0 Å². The molecule has 1 aliphatic rings. The zero-order chi connectivity index (χ0) is 8.97. The van der Waals surface area contributed by atoms with Gasteiger partial charge in [0, 0.05) is 0 Å². The molecule has 1 rings (SSSR count). The monoisotopic (exact) mass is 168 g/mol. The highest BCUT2D eigenvalue weighted by molar-refractivity contribution is 5.73. The maximum atomic E-state index is 10.6. The van der Waals surface area contributed by atoms with Crippen molar-refractivity contribution in [2.24, 2.45) is 11.8 Å². The van der Waals surface area contributed by atoms with E-state index >= 15 is 0 Å². The first-order chi connectivity index (χ1) is 5.75. The molecular weight excluding hydrogens is 156 g/mol. The molecule has 0 aromatic heterocycles. The summed E-state index contributed by atoms with van der Waals surface area (Å²) in [6.45, 7) is 1.66. The van der Waals surface area contributed by atoms with Crippen LogP contribution in [0.1, 0.15) is 12.8 Å². The quantitative estimate of drug-likeness (QED) is 0.618. The van der Waals surface area contributed by atoms with Gasteiger partial charge in [0.05, 0.1) is 6.07 Å². The Balaban J connectivity index is 2.53. The Bertz CT molecular complexity index is 204. The van der Waals surface area contributed by atoms with Crippen molar-refractivity contribution in [3.63, 3.8) is 0 Å². The number of carbonyl (C=O) groups is 1. The van der Waals surface area contributed by atoms with Crippen molar-refractivity contribution in [1.82, 2.24) is 5.32 Å². The van der Waals surface area contributed by atoms with Crippen LogP contribution in [-0.4, -0.2) is 24.2 Å². The molecule has 12 heavy (non-hydrogen) atoms. The summed E-state index contributed by atoms with van der Waals surface area (Å²) in [5.74, 6) is -1.76. The lowest BCUT2D eigenvalue weighted by Gasteiger charge is -2.23. The van der Waals surface area contributed by atoms with Gasteiger partial charge in [-0.3, -0.25) is 4.79 Å². The number of carboxylic acid groups (broad SMARTS) is 1. The molecule has 1 saturated heterocycles. The highest BCUT2D eigenvalue weighted by Gasteiger charge is 2.28. The van der Waals surface area contributed by atoms with E-state index in [1.807, 2.05) is 6.07 Å². The van der Waals surface area contributed by atoms with Gasteiger partial charge < -0.3 is 10.4 Å². The molecule has 2 N–H and O–H groups in total. The third-order valence-electron chi connectivity index (χ3n) is 2.26. The van der Waals surface area contributed by atoms with Crippen LogP contribution < -0.4 is 5.32 Å². The van der Waals surface area contributed by atoms with E-state index in [0.717, 1.165) is 25.9 Å². The van der Waals surface area contributed by atoms with E-state index in [9.17, 15) is 4.79 Å². The summed E-state index contributed by atoms with van der Waals surface area (Å²) < 4.78 is 0. The van der Waals surface area contributed by atoms with Crippen LogP contribution in [0.5, 0.6) is 0 Å². The summed E-state index contributed by atoms with van der Waals surface area (Å²) in [4.78, 5) is 10.6. The van der Waals surface area contributed by atoms with Gasteiger partial charge in [-0.25, -0.2) is 0 Å². The number of rotatable bonds is 2. The highest BCUT2D eigenvalue weighted by Crippen LogP contribution is 2.21. The second-order valence-corrected chi connectivity index (χ2v) is 3.03. The van der Waals surface area contributed by atoms with E-state index in [-0.39, 0.29) is 5.92 Å². The van der Waals surface area contributed by atoms with Crippen molar-refractivity contribution in [2.75, 3.05) is 13.1 Å². The van der Waals surface area contributed by atoms with E-state index in [1.54, 1.807) is 0 Å². The van der Waals surface area contributed by atoms with Gasteiger partial charge in [-0.1, -0.05) is 0 Å². The van der Waals surface area contributed by atoms with Gasteiger partial charge in [-0.05, 0) is 31.8 Å². The van der Waals surface area contributed by atoms with Crippen LogP contribution in [0, 0.1) is 23.2 Å². The molecule has 0 bridgehead atoms. The van der Waals surface area contributed by atoms with Crippen LogP contribution in [0.15, 0.2) is 0 Å². The van der Waals surface area contributed by atoms with Crippen LogP contribution in [0.25, 0.3) is 0 Å². The van der Waals surface area contributed by atoms with Gasteiger partial charge in [-0.2, -0.15) is 5.26 Å². The molecule has 0 aliphatic carbocycles. The van der Waals surface area contributed by atoms with E-state index in [0.29, 0.717) is 0 Å². The molecule has 1 heterocycles. The number of nitrogens with one attached hydrogen (secondary N) is 1. The number of nitrogens with zero attached hydrogens (tertiary/aromatic N) is 1. The average molecular weight is 168 g/mol. The largest absolute Gasteiger partial charge is 0.480 e. The van der Waals surface area contributed by atoms with Gasteiger partial charge in [0.15, 0.2) is 0 Å². The fraction of sp³-hybridized carbons (Fsp3) is 0.750. The Morgan fingerprint density at radius 1 is 1.58 bits per heavy atom. The Hall–Kier alpha value is -1.08. The molecule has 0 aromatic carbocycles. The van der Waals surface area contributed by atoms with Crippen molar-refractivity contribution < 1.29 is 9.90 Å². The minimum atomic E-state index is -0.982. The van der Waals surface area contributed by atoms with E-state index in [1.165, 1.54) is 0 Å². The minimum Gasteiger partial charge on any atom is -0.480 e. The Morgan fingerprint density at radius 3 is 2.58 bits per heavy atom. The molecule has 4 heteroatoms. The molecule has 0 spiro atoms. The van der Waals surface area contributed by atoms with Crippen molar-refractivity contribution in [2.45, 2.75) is 12.8 Å². The van der Waals surface area contributed by atoms with Gasteiger partial charge in [-0.15, -0.1) is 0 Å². The first-order valence-corrected chi connectivity index (χ1v) is 4.09. The summed E-state index contributed by atoms with van der Waals surface area (Å²) in [6, 6.07) is 1.84. The average Bonchev–Trinajstić information content (AvgIpc) is 2.07. The molecule has 0 radical (unpaired) electrons. The van der Waals surface area contributed by atoms with E-state index < -0.39 is 11.9 Å². The molecular formula is C8H12N2O2. The Labute approximate surface area is 71.2 Å². The smallest absolute Gasteiger partial charge is 0.321 e. The molecule has 1 fully saturated rings. The van der Waals surface area contributed by atoms with Crippen LogP contribution in [0.2, 0.25) is 0 Å². The van der Waals surface area contributed by atoms with Crippen molar-refractivity contribution in [1.29, 1.82) is 5.26 Å². The lowest BCUT2D eigenvalue weighted by atomic mass is 9.86. The van der Waals surface area contributed by atoms with Crippen molar-refractivity contribution in [3.8, 4) is 6.07 Å². The number of piperidine rings is 1. The standard InChI is InChI=1S/C8H12N2O2/c9-5-7(8(11)12)6-1-3-10-4-2-6/h6-7,10H,1-4H2,(H,11,12). The van der Waals surface area contributed by atoms with Crippen molar-refractivity contribution >= 4 is 5.97 Å². The Morgan fingerprint density at radius 2 is 2.17 bits per heavy atom. The number of hydrogen-bond donors (Lipinski definition) is 2. The highest BCUT2D eigenvalue weighted by atomic mass is 16.4. The fourth-order valence-corrected chi connectivity index (χ4v) is 1.54. The molecule has 0 saturated carbocycles. The van der Waals surface area contributed by atoms with Gasteiger partial charge in [0.25, 0.3) is 0 Å². The molecule has 1 unspecified atom stereocenters. The zero-order valence-corrected chi connectivity index (χ0v) is 6.79. The minimum absolute atomic E-state index is 0.0359. The second-order valence-electron chi connectivity index (χ2n) is 3.03. The maximum absolute atomic E-state index is 10.6. The zero-order valence-electron chi connectivity index (χ0n) is 6.79. The summed E-state index contributed by atoms with van der Waals surface area (Å²) in [5, 5.41) is 20.4. The van der Waals surface area contributed by atoms with Crippen molar-refractivity contribution in [3.05, 3.63) is 0 Å². The van der Waals surface area contributed by atoms with Crippen LogP contribution in [0.4, 0.5) is 0 Å². The number of nitriles is 1. The van der Waals surface area contributed by atoms with E-state index in [4.69, 9.17) is 10.4 Å². The van der Waals surface area contributed by atoms with Crippen LogP contribution >= 0.6 is 0 Å². The number of carboxylic acids is 1. The summed E-state index contributed by atoms with van der Waals surface area (Å²) in [7, 11) is 0. The number of hydrogen-bond acceptors (Lipinski definition) is 3. The van der Waals surface area contributed by atoms with E-state index in [2.05, 4.69) is 5.32 Å². The third kappa shape index (κ3) is 1.95. The lowest BCUT2D eigenvalue weighted by molar-refractivity contribution is -0.141. The molecule has 66 valence electrons. The van der Waals surface area contributed by atoms with Gasteiger partial charge in [0.1, 0.15) is 5.92 Å². The van der Waals surface area contributed by atoms with Crippen LogP contribution in [-0.2, 0) is 4.79 Å². The summed E-state index contributed by atoms with van der Waals surface area (Å²) in [5.41, 5.74) is 0. The SMILES string of the molecule is N#CC(C(=O)O)C1CCNCC1. The predicted molar refractivity (Wildman–Crippen MR) is 42.3 cm³/mol. The Kier molecular flexibility index (Phi) is 3.06. The lowest BCUT2D eigenvalue weighted by Crippen LogP contribution is -2.34. The third-order valence-corrected chi connectivity index (χ3v) is 2.26. The molecule has 0 amide bonds.